The van der Waals surface area contributed by atoms with Crippen molar-refractivity contribution in [3.8, 4) is 0 Å². The zero-order valence-electron chi connectivity index (χ0n) is 10.8. The van der Waals surface area contributed by atoms with Crippen molar-refractivity contribution in [3.05, 3.63) is 29.3 Å². The molecule has 0 heterocycles. The minimum atomic E-state index is -0.668. The van der Waals surface area contributed by atoms with Gasteiger partial charge in [-0.2, -0.15) is 0 Å². The van der Waals surface area contributed by atoms with E-state index in [4.69, 9.17) is 11.1 Å². The Kier molecular flexibility index (Phi) is 5.07. The predicted octanol–water partition coefficient (Wildman–Crippen LogP) is 2.88. The zero-order chi connectivity index (χ0) is 13.7. The maximum Gasteiger partial charge on any atom is 0.150 e. The third-order valence-corrected chi connectivity index (χ3v) is 2.81. The number of benzene rings is 1. The first-order valence-electron chi connectivity index (χ1n) is 6.09. The van der Waals surface area contributed by atoms with Crippen LogP contribution in [0.5, 0.6) is 0 Å². The number of nitrogens with two attached hydrogens (primary N) is 1. The molecule has 0 atom stereocenters. The van der Waals surface area contributed by atoms with E-state index in [1.165, 1.54) is 0 Å². The second kappa shape index (κ2) is 6.33. The molecule has 0 fully saturated rings. The van der Waals surface area contributed by atoms with Gasteiger partial charge in [0, 0.05) is 18.7 Å². The van der Waals surface area contributed by atoms with Gasteiger partial charge < -0.3 is 10.6 Å². The smallest absolute Gasteiger partial charge is 0.150 e. The fraction of sp³-hybridized carbons (Fsp3) is 0.462. The lowest BCUT2D eigenvalue weighted by atomic mass is 10.1. The van der Waals surface area contributed by atoms with Gasteiger partial charge in [-0.1, -0.05) is 13.3 Å². The van der Waals surface area contributed by atoms with E-state index in [0.29, 0.717) is 13.1 Å². The molecule has 0 bridgehead atoms. The Hall–Kier alpha value is -1.65. The van der Waals surface area contributed by atoms with Crippen LogP contribution in [0.3, 0.4) is 0 Å². The molecular weight excluding hydrogens is 236 g/mol. The predicted molar refractivity (Wildman–Crippen MR) is 70.2 cm³/mol. The number of halogens is 2. The van der Waals surface area contributed by atoms with Gasteiger partial charge in [0.15, 0.2) is 0 Å². The van der Waals surface area contributed by atoms with Gasteiger partial charge in [-0.05, 0) is 25.5 Å². The molecule has 1 aromatic carbocycles. The molecule has 0 amide bonds. The molecule has 1 rings (SSSR count). The lowest BCUT2D eigenvalue weighted by Crippen LogP contribution is -2.26. The Morgan fingerprint density at radius 3 is 2.22 bits per heavy atom. The van der Waals surface area contributed by atoms with Gasteiger partial charge in [0.05, 0.1) is 0 Å². The second-order valence-electron chi connectivity index (χ2n) is 4.14. The number of nitrogens with one attached hydrogen (secondary N) is 1. The molecule has 0 spiro atoms. The average Bonchev–Trinajstić information content (AvgIpc) is 2.32. The van der Waals surface area contributed by atoms with Gasteiger partial charge in [-0.15, -0.1) is 0 Å². The number of hydrogen-bond acceptors (Lipinski definition) is 2. The third-order valence-electron chi connectivity index (χ3n) is 2.81. The van der Waals surface area contributed by atoms with Crippen LogP contribution in [0, 0.1) is 17.0 Å². The van der Waals surface area contributed by atoms with E-state index in [1.54, 1.807) is 4.90 Å². The Balaban J connectivity index is 3.11. The number of unbranched alkanes of at least 4 members (excludes halogenated alkanes) is 1. The minimum absolute atomic E-state index is 0.0315. The summed E-state index contributed by atoms with van der Waals surface area (Å²) in [5.41, 5.74) is 5.26. The van der Waals surface area contributed by atoms with E-state index in [-0.39, 0.29) is 17.1 Å². The van der Waals surface area contributed by atoms with Crippen molar-refractivity contribution < 1.29 is 8.78 Å². The molecule has 3 N–H and O–H groups in total. The van der Waals surface area contributed by atoms with E-state index in [9.17, 15) is 8.78 Å². The summed E-state index contributed by atoms with van der Waals surface area (Å²) in [5, 5.41) is 7.19. The van der Waals surface area contributed by atoms with Gasteiger partial charge >= 0.3 is 0 Å². The van der Waals surface area contributed by atoms with Gasteiger partial charge in [0.25, 0.3) is 0 Å². The quantitative estimate of drug-likeness (QED) is 0.606. The Morgan fingerprint density at radius 2 is 1.83 bits per heavy atom. The van der Waals surface area contributed by atoms with Crippen molar-refractivity contribution in [2.24, 2.45) is 5.73 Å². The Morgan fingerprint density at radius 1 is 1.28 bits per heavy atom. The topological polar surface area (TPSA) is 53.1 Å². The lowest BCUT2D eigenvalue weighted by molar-refractivity contribution is 0.568. The summed E-state index contributed by atoms with van der Waals surface area (Å²) in [6, 6.07) is 2.21. The highest BCUT2D eigenvalue weighted by molar-refractivity contribution is 5.95. The summed E-state index contributed by atoms with van der Waals surface area (Å²) in [7, 11) is 0. The normalized spacial score (nSPS) is 10.4. The number of amidine groups is 1. The monoisotopic (exact) mass is 255 g/mol. The van der Waals surface area contributed by atoms with Crippen LogP contribution < -0.4 is 10.6 Å². The van der Waals surface area contributed by atoms with Crippen molar-refractivity contribution in [1.29, 1.82) is 5.41 Å². The first-order valence-corrected chi connectivity index (χ1v) is 6.09. The molecule has 0 aliphatic rings. The number of nitrogens with zero attached hydrogens (tertiary/aromatic N) is 1. The standard InChI is InChI=1S/C13H19F2N3/c1-3-5-6-18(4-2)12-10(14)7-9(13(16)17)8-11(12)15/h7-8H,3-6H2,1-2H3,(H3,16,17). The van der Waals surface area contributed by atoms with Crippen molar-refractivity contribution >= 4 is 11.5 Å². The first-order chi connectivity index (χ1) is 8.51. The highest BCUT2D eigenvalue weighted by atomic mass is 19.1. The fourth-order valence-electron chi connectivity index (χ4n) is 1.80. The summed E-state index contributed by atoms with van der Waals surface area (Å²) in [6.45, 7) is 5.03. The summed E-state index contributed by atoms with van der Waals surface area (Å²) in [6.07, 6.45) is 1.84. The maximum absolute atomic E-state index is 13.9. The average molecular weight is 255 g/mol. The molecule has 0 radical (unpaired) electrons. The molecule has 0 saturated carbocycles. The molecule has 100 valence electrons. The van der Waals surface area contributed by atoms with Crippen molar-refractivity contribution in [3.63, 3.8) is 0 Å². The van der Waals surface area contributed by atoms with Crippen LogP contribution in [0.2, 0.25) is 0 Å². The van der Waals surface area contributed by atoms with Crippen LogP contribution in [0.1, 0.15) is 32.3 Å². The van der Waals surface area contributed by atoms with E-state index in [1.807, 2.05) is 13.8 Å². The number of nitrogen functional groups attached to an aromatic ring is 1. The lowest BCUT2D eigenvalue weighted by Gasteiger charge is -2.24. The summed E-state index contributed by atoms with van der Waals surface area (Å²) >= 11 is 0. The molecular formula is C13H19F2N3. The van der Waals surface area contributed by atoms with Gasteiger partial charge in [-0.3, -0.25) is 5.41 Å². The molecule has 0 saturated heterocycles. The van der Waals surface area contributed by atoms with E-state index in [2.05, 4.69) is 0 Å². The molecule has 18 heavy (non-hydrogen) atoms. The van der Waals surface area contributed by atoms with Crippen LogP contribution in [0.4, 0.5) is 14.5 Å². The van der Waals surface area contributed by atoms with Crippen molar-refractivity contribution in [2.45, 2.75) is 26.7 Å². The fourth-order valence-corrected chi connectivity index (χ4v) is 1.80. The van der Waals surface area contributed by atoms with Crippen LogP contribution in [-0.2, 0) is 0 Å². The first kappa shape index (κ1) is 14.4. The third kappa shape index (κ3) is 3.18. The SMILES string of the molecule is CCCCN(CC)c1c(F)cc(C(=N)N)cc1F. The number of rotatable bonds is 6. The molecule has 0 unspecified atom stereocenters. The van der Waals surface area contributed by atoms with E-state index >= 15 is 0 Å². The van der Waals surface area contributed by atoms with Crippen LogP contribution in [0.15, 0.2) is 12.1 Å². The summed E-state index contributed by atoms with van der Waals surface area (Å²) in [4.78, 5) is 1.66. The van der Waals surface area contributed by atoms with Crippen molar-refractivity contribution in [1.82, 2.24) is 0 Å². The number of hydrogen-bond donors (Lipinski definition) is 2. The summed E-state index contributed by atoms with van der Waals surface area (Å²) < 4.78 is 27.8. The van der Waals surface area contributed by atoms with Crippen LogP contribution >= 0.6 is 0 Å². The highest BCUT2D eigenvalue weighted by Gasteiger charge is 2.17. The van der Waals surface area contributed by atoms with E-state index < -0.39 is 11.6 Å². The molecule has 0 aliphatic heterocycles. The minimum Gasteiger partial charge on any atom is -0.384 e. The molecule has 1 aromatic rings. The Labute approximate surface area is 106 Å². The highest BCUT2D eigenvalue weighted by Crippen LogP contribution is 2.25. The molecule has 0 aromatic heterocycles. The molecule has 0 aliphatic carbocycles. The van der Waals surface area contributed by atoms with Crippen molar-refractivity contribution in [2.75, 3.05) is 18.0 Å². The molecule has 3 nitrogen and oxygen atoms in total. The largest absolute Gasteiger partial charge is 0.384 e. The number of anilines is 1. The maximum atomic E-state index is 13.9. The Bertz CT molecular complexity index is 409. The van der Waals surface area contributed by atoms with Crippen LogP contribution in [0.25, 0.3) is 0 Å². The van der Waals surface area contributed by atoms with Gasteiger partial charge in [0.1, 0.15) is 23.2 Å². The zero-order valence-corrected chi connectivity index (χ0v) is 10.8. The second-order valence-corrected chi connectivity index (χ2v) is 4.14. The van der Waals surface area contributed by atoms with Gasteiger partial charge in [-0.25, -0.2) is 8.78 Å². The van der Waals surface area contributed by atoms with Gasteiger partial charge in [0.2, 0.25) is 0 Å². The summed E-state index contributed by atoms with van der Waals surface area (Å²) in [5.74, 6) is -1.67. The van der Waals surface area contributed by atoms with Crippen LogP contribution in [-0.4, -0.2) is 18.9 Å². The van der Waals surface area contributed by atoms with E-state index in [0.717, 1.165) is 25.0 Å². The molecule has 5 heteroatoms.